The third kappa shape index (κ3) is 5.13. The number of sulfonamides is 1. The number of amides is 1. The maximum atomic E-state index is 12.3. The summed E-state index contributed by atoms with van der Waals surface area (Å²) >= 11 is 12.3. The Balaban J connectivity index is 2.35. The minimum Gasteiger partial charge on any atom is -0.350 e. The zero-order valence-corrected chi connectivity index (χ0v) is 17.0. The molecule has 8 heteroatoms. The van der Waals surface area contributed by atoms with Crippen LogP contribution in [0.15, 0.2) is 42.5 Å². The lowest BCUT2D eigenvalue weighted by atomic mass is 10.1. The summed E-state index contributed by atoms with van der Waals surface area (Å²) in [6.07, 6.45) is 1.11. The Bertz CT molecular complexity index is 877. The molecule has 0 unspecified atom stereocenters. The van der Waals surface area contributed by atoms with Crippen LogP contribution in [0.5, 0.6) is 0 Å². The van der Waals surface area contributed by atoms with Gasteiger partial charge in [-0.1, -0.05) is 29.3 Å². The SMILES string of the molecule is CC(C)NC(=O)c1ccc(N(Cc2c(Cl)cccc2Cl)S(C)(=O)=O)cc1. The highest BCUT2D eigenvalue weighted by Crippen LogP contribution is 2.29. The number of benzene rings is 2. The summed E-state index contributed by atoms with van der Waals surface area (Å²) in [7, 11) is -3.59. The quantitative estimate of drug-likeness (QED) is 0.773. The van der Waals surface area contributed by atoms with Gasteiger partial charge in [-0.05, 0) is 50.2 Å². The molecule has 0 aliphatic carbocycles. The summed E-state index contributed by atoms with van der Waals surface area (Å²) in [5, 5.41) is 3.56. The Kier molecular flexibility index (Phi) is 6.55. The first kappa shape index (κ1) is 20.6. The topological polar surface area (TPSA) is 66.5 Å². The number of carbonyl (C=O) groups is 1. The second-order valence-electron chi connectivity index (χ2n) is 6.14. The average molecular weight is 415 g/mol. The van der Waals surface area contributed by atoms with Crippen molar-refractivity contribution in [3.05, 3.63) is 63.6 Å². The summed E-state index contributed by atoms with van der Waals surface area (Å²) in [5.74, 6) is -0.216. The Labute approximate surface area is 164 Å². The summed E-state index contributed by atoms with van der Waals surface area (Å²) in [4.78, 5) is 12.0. The van der Waals surface area contributed by atoms with Crippen LogP contribution in [0.3, 0.4) is 0 Å². The van der Waals surface area contributed by atoms with Gasteiger partial charge in [-0.3, -0.25) is 9.10 Å². The van der Waals surface area contributed by atoms with Crippen molar-refractivity contribution >= 4 is 44.8 Å². The van der Waals surface area contributed by atoms with Crippen LogP contribution in [0.25, 0.3) is 0 Å². The zero-order valence-electron chi connectivity index (χ0n) is 14.7. The summed E-state index contributed by atoms with van der Waals surface area (Å²) in [5.41, 5.74) is 1.39. The van der Waals surface area contributed by atoms with Crippen molar-refractivity contribution < 1.29 is 13.2 Å². The minimum absolute atomic E-state index is 0.00508. The third-order valence-corrected chi connectivity index (χ3v) is 5.45. The maximum Gasteiger partial charge on any atom is 0.251 e. The molecule has 0 bridgehead atoms. The van der Waals surface area contributed by atoms with E-state index in [1.165, 1.54) is 4.31 Å². The van der Waals surface area contributed by atoms with Gasteiger partial charge in [-0.15, -0.1) is 0 Å². The fourth-order valence-electron chi connectivity index (χ4n) is 2.35. The molecule has 5 nitrogen and oxygen atoms in total. The molecule has 2 aromatic carbocycles. The van der Waals surface area contributed by atoms with Gasteiger partial charge in [-0.2, -0.15) is 0 Å². The lowest BCUT2D eigenvalue weighted by Crippen LogP contribution is -2.31. The van der Waals surface area contributed by atoms with Crippen LogP contribution >= 0.6 is 23.2 Å². The van der Waals surface area contributed by atoms with Crippen molar-refractivity contribution in [2.75, 3.05) is 10.6 Å². The highest BCUT2D eigenvalue weighted by atomic mass is 35.5. The molecule has 0 atom stereocenters. The third-order valence-electron chi connectivity index (χ3n) is 3.60. The maximum absolute atomic E-state index is 12.3. The van der Waals surface area contributed by atoms with E-state index in [0.717, 1.165) is 6.26 Å². The zero-order chi connectivity index (χ0) is 19.5. The highest BCUT2D eigenvalue weighted by molar-refractivity contribution is 7.92. The van der Waals surface area contributed by atoms with Crippen molar-refractivity contribution in [2.24, 2.45) is 0 Å². The first-order chi connectivity index (χ1) is 12.1. The Morgan fingerprint density at radius 1 is 1.08 bits per heavy atom. The van der Waals surface area contributed by atoms with Gasteiger partial charge in [0.2, 0.25) is 10.0 Å². The van der Waals surface area contributed by atoms with E-state index in [9.17, 15) is 13.2 Å². The molecule has 0 saturated heterocycles. The lowest BCUT2D eigenvalue weighted by molar-refractivity contribution is 0.0943. The first-order valence-electron chi connectivity index (χ1n) is 7.91. The summed E-state index contributed by atoms with van der Waals surface area (Å²) in [6, 6.07) is 11.4. The molecule has 0 aliphatic heterocycles. The van der Waals surface area contributed by atoms with Crippen LogP contribution in [0, 0.1) is 0 Å². The van der Waals surface area contributed by atoms with E-state index in [4.69, 9.17) is 23.2 Å². The van der Waals surface area contributed by atoms with Gasteiger partial charge in [0.15, 0.2) is 0 Å². The average Bonchev–Trinajstić information content (AvgIpc) is 2.53. The van der Waals surface area contributed by atoms with Crippen LogP contribution in [-0.2, 0) is 16.6 Å². The van der Waals surface area contributed by atoms with Crippen molar-refractivity contribution in [1.29, 1.82) is 0 Å². The second-order valence-corrected chi connectivity index (χ2v) is 8.87. The smallest absolute Gasteiger partial charge is 0.251 e. The normalized spacial score (nSPS) is 11.5. The molecule has 0 radical (unpaired) electrons. The molecule has 1 amide bonds. The fraction of sp³-hybridized carbons (Fsp3) is 0.278. The molecule has 140 valence electrons. The minimum atomic E-state index is -3.59. The van der Waals surface area contributed by atoms with Gasteiger partial charge >= 0.3 is 0 Å². The molecule has 26 heavy (non-hydrogen) atoms. The Hall–Kier alpha value is -1.76. The van der Waals surface area contributed by atoms with E-state index >= 15 is 0 Å². The van der Waals surface area contributed by atoms with Crippen LogP contribution in [0.2, 0.25) is 10.0 Å². The largest absolute Gasteiger partial charge is 0.350 e. The molecule has 0 heterocycles. The van der Waals surface area contributed by atoms with Crippen LogP contribution < -0.4 is 9.62 Å². The number of halogens is 2. The Morgan fingerprint density at radius 2 is 1.62 bits per heavy atom. The van der Waals surface area contributed by atoms with Crippen molar-refractivity contribution in [3.8, 4) is 0 Å². The van der Waals surface area contributed by atoms with Gasteiger partial charge in [0.25, 0.3) is 5.91 Å². The number of hydrogen-bond acceptors (Lipinski definition) is 3. The van der Waals surface area contributed by atoms with Crippen LogP contribution in [-0.4, -0.2) is 26.6 Å². The van der Waals surface area contributed by atoms with Gasteiger partial charge in [-0.25, -0.2) is 8.42 Å². The van der Waals surface area contributed by atoms with Crippen LogP contribution in [0.1, 0.15) is 29.8 Å². The molecule has 1 N–H and O–H groups in total. The number of carbonyl (C=O) groups excluding carboxylic acids is 1. The van der Waals surface area contributed by atoms with Crippen molar-refractivity contribution in [3.63, 3.8) is 0 Å². The number of nitrogens with one attached hydrogen (secondary N) is 1. The molecule has 0 fully saturated rings. The van der Waals surface area contributed by atoms with Crippen molar-refractivity contribution in [1.82, 2.24) is 5.32 Å². The molecule has 0 saturated carbocycles. The standard InChI is InChI=1S/C18H20Cl2N2O3S/c1-12(2)21-18(23)13-7-9-14(10-8-13)22(26(3,24)25)11-15-16(19)5-4-6-17(15)20/h4-10,12H,11H2,1-3H3,(H,21,23). The van der Waals surface area contributed by atoms with Gasteiger partial charge < -0.3 is 5.32 Å². The molecule has 0 aliphatic rings. The summed E-state index contributed by atoms with van der Waals surface area (Å²) in [6.45, 7) is 3.73. The first-order valence-corrected chi connectivity index (χ1v) is 10.5. The van der Waals surface area contributed by atoms with Crippen LogP contribution in [0.4, 0.5) is 5.69 Å². The molecule has 2 rings (SSSR count). The fourth-order valence-corrected chi connectivity index (χ4v) is 3.74. The lowest BCUT2D eigenvalue weighted by Gasteiger charge is -2.24. The van der Waals surface area contributed by atoms with Gasteiger partial charge in [0, 0.05) is 27.2 Å². The second kappa shape index (κ2) is 8.29. The van der Waals surface area contributed by atoms with E-state index in [1.807, 2.05) is 13.8 Å². The number of anilines is 1. The molecule has 0 spiro atoms. The molecular formula is C18H20Cl2N2O3S. The monoisotopic (exact) mass is 414 g/mol. The molecular weight excluding hydrogens is 395 g/mol. The van der Waals surface area contributed by atoms with E-state index in [2.05, 4.69) is 5.32 Å². The molecule has 0 aromatic heterocycles. The Morgan fingerprint density at radius 3 is 2.08 bits per heavy atom. The number of hydrogen-bond donors (Lipinski definition) is 1. The van der Waals surface area contributed by atoms with Gasteiger partial charge in [0.1, 0.15) is 0 Å². The van der Waals surface area contributed by atoms with E-state index in [1.54, 1.807) is 42.5 Å². The van der Waals surface area contributed by atoms with E-state index in [-0.39, 0.29) is 18.5 Å². The van der Waals surface area contributed by atoms with E-state index < -0.39 is 10.0 Å². The van der Waals surface area contributed by atoms with Crippen molar-refractivity contribution in [2.45, 2.75) is 26.4 Å². The number of nitrogens with zero attached hydrogens (tertiary/aromatic N) is 1. The predicted molar refractivity (Wildman–Crippen MR) is 107 cm³/mol. The highest BCUT2D eigenvalue weighted by Gasteiger charge is 2.21. The summed E-state index contributed by atoms with van der Waals surface area (Å²) < 4.78 is 25.8. The number of rotatable bonds is 6. The van der Waals surface area contributed by atoms with Gasteiger partial charge in [0.05, 0.1) is 18.5 Å². The predicted octanol–water partition coefficient (Wildman–Crippen LogP) is 4.10. The molecule has 2 aromatic rings. The van der Waals surface area contributed by atoms with E-state index in [0.29, 0.717) is 26.9 Å².